The highest BCUT2D eigenvalue weighted by Gasteiger charge is 2.14. The molecular weight excluding hydrogens is 416 g/mol. The van der Waals surface area contributed by atoms with Crippen molar-refractivity contribution in [2.75, 3.05) is 28.4 Å². The van der Waals surface area contributed by atoms with Crippen molar-refractivity contribution in [3.63, 3.8) is 0 Å². The molecule has 2 rings (SSSR count). The van der Waals surface area contributed by atoms with Gasteiger partial charge < -0.3 is 24.1 Å². The fourth-order valence-electron chi connectivity index (χ4n) is 3.40. The Morgan fingerprint density at radius 2 is 1.48 bits per heavy atom. The van der Waals surface area contributed by atoms with Crippen molar-refractivity contribution in [1.82, 2.24) is 0 Å². The second-order valence-electron chi connectivity index (χ2n) is 7.69. The van der Waals surface area contributed by atoms with Crippen molar-refractivity contribution < 1.29 is 24.1 Å². The number of hydrogen-bond donors (Lipinski definition) is 1. The second kappa shape index (κ2) is 14.1. The fourth-order valence-corrected chi connectivity index (χ4v) is 3.40. The van der Waals surface area contributed by atoms with Crippen molar-refractivity contribution in [2.24, 2.45) is 0 Å². The summed E-state index contributed by atoms with van der Waals surface area (Å²) in [6, 6.07) is 11.2. The van der Waals surface area contributed by atoms with Gasteiger partial charge in [0, 0.05) is 11.1 Å². The third kappa shape index (κ3) is 8.35. The van der Waals surface area contributed by atoms with Gasteiger partial charge in [-0.25, -0.2) is 0 Å². The maximum Gasteiger partial charge on any atom is 0.126 e. The SMILES string of the molecule is COc1ccc(OC)c(/C=C\CC/C=C/C=C(\C)CCC(O)c2cc(OC)ccc2OC)c1. The van der Waals surface area contributed by atoms with Crippen molar-refractivity contribution in [1.29, 1.82) is 0 Å². The van der Waals surface area contributed by atoms with E-state index >= 15 is 0 Å². The van der Waals surface area contributed by atoms with Gasteiger partial charge in [-0.3, -0.25) is 0 Å². The summed E-state index contributed by atoms with van der Waals surface area (Å²) in [5, 5.41) is 10.6. The molecular formula is C28H36O5. The smallest absolute Gasteiger partial charge is 0.126 e. The Balaban J connectivity index is 1.81. The second-order valence-corrected chi connectivity index (χ2v) is 7.69. The molecule has 0 amide bonds. The number of allylic oxidation sites excluding steroid dienone is 5. The molecule has 1 N–H and O–H groups in total. The molecule has 0 heterocycles. The first kappa shape index (κ1) is 26.1. The summed E-state index contributed by atoms with van der Waals surface area (Å²) in [5.41, 5.74) is 2.96. The summed E-state index contributed by atoms with van der Waals surface area (Å²) in [4.78, 5) is 0. The maximum absolute atomic E-state index is 10.6. The molecule has 0 aliphatic heterocycles. The van der Waals surface area contributed by atoms with Crippen molar-refractivity contribution in [3.8, 4) is 23.0 Å². The van der Waals surface area contributed by atoms with Gasteiger partial charge >= 0.3 is 0 Å². The lowest BCUT2D eigenvalue weighted by atomic mass is 10.0. The highest BCUT2D eigenvalue weighted by atomic mass is 16.5. The number of methoxy groups -OCH3 is 4. The highest BCUT2D eigenvalue weighted by Crippen LogP contribution is 2.32. The summed E-state index contributed by atoms with van der Waals surface area (Å²) < 4.78 is 21.3. The van der Waals surface area contributed by atoms with E-state index in [0.29, 0.717) is 17.9 Å². The minimum absolute atomic E-state index is 0.610. The Morgan fingerprint density at radius 1 is 0.848 bits per heavy atom. The Hall–Kier alpha value is -3.18. The number of unbranched alkanes of at least 4 members (excludes halogenated alkanes) is 1. The molecule has 1 atom stereocenters. The van der Waals surface area contributed by atoms with E-state index < -0.39 is 6.10 Å². The zero-order valence-corrected chi connectivity index (χ0v) is 20.3. The minimum Gasteiger partial charge on any atom is -0.497 e. The number of benzene rings is 2. The molecule has 0 aromatic heterocycles. The van der Waals surface area contributed by atoms with Crippen LogP contribution in [0, 0.1) is 0 Å². The van der Waals surface area contributed by atoms with Crippen LogP contribution in [0.15, 0.2) is 66.3 Å². The van der Waals surface area contributed by atoms with Gasteiger partial charge in [-0.1, -0.05) is 36.0 Å². The molecule has 1 unspecified atom stereocenters. The first-order chi connectivity index (χ1) is 16.0. The highest BCUT2D eigenvalue weighted by molar-refractivity contribution is 5.59. The van der Waals surface area contributed by atoms with Crippen LogP contribution in [0.4, 0.5) is 0 Å². The van der Waals surface area contributed by atoms with Gasteiger partial charge in [0.2, 0.25) is 0 Å². The first-order valence-corrected chi connectivity index (χ1v) is 11.1. The van der Waals surface area contributed by atoms with Crippen LogP contribution >= 0.6 is 0 Å². The van der Waals surface area contributed by atoms with E-state index in [1.807, 2.05) is 36.4 Å². The first-order valence-electron chi connectivity index (χ1n) is 11.1. The van der Waals surface area contributed by atoms with Gasteiger partial charge in [0.15, 0.2) is 0 Å². The molecule has 0 spiro atoms. The van der Waals surface area contributed by atoms with Gasteiger partial charge in [0.1, 0.15) is 23.0 Å². The van der Waals surface area contributed by atoms with Crippen molar-refractivity contribution in [2.45, 2.75) is 38.7 Å². The molecule has 0 radical (unpaired) electrons. The number of aliphatic hydroxyl groups is 1. The van der Waals surface area contributed by atoms with Crippen LogP contribution in [0.3, 0.4) is 0 Å². The zero-order chi connectivity index (χ0) is 24.1. The predicted molar refractivity (Wildman–Crippen MR) is 134 cm³/mol. The van der Waals surface area contributed by atoms with E-state index in [1.165, 1.54) is 5.57 Å². The van der Waals surface area contributed by atoms with Crippen LogP contribution in [-0.2, 0) is 0 Å². The largest absolute Gasteiger partial charge is 0.497 e. The lowest BCUT2D eigenvalue weighted by molar-refractivity contribution is 0.163. The van der Waals surface area contributed by atoms with E-state index in [-0.39, 0.29) is 0 Å². The zero-order valence-electron chi connectivity index (χ0n) is 20.3. The van der Waals surface area contributed by atoms with E-state index in [9.17, 15) is 5.11 Å². The third-order valence-electron chi connectivity index (χ3n) is 5.36. The predicted octanol–water partition coefficient (Wildman–Crippen LogP) is 6.53. The van der Waals surface area contributed by atoms with Gasteiger partial charge in [0.05, 0.1) is 34.5 Å². The topological polar surface area (TPSA) is 57.2 Å². The molecule has 0 saturated heterocycles. The van der Waals surface area contributed by atoms with Crippen LogP contribution in [0.2, 0.25) is 0 Å². The molecule has 0 aliphatic rings. The van der Waals surface area contributed by atoms with Crippen LogP contribution in [0.25, 0.3) is 6.08 Å². The Bertz CT molecular complexity index is 959. The molecule has 178 valence electrons. The Morgan fingerprint density at radius 3 is 2.15 bits per heavy atom. The van der Waals surface area contributed by atoms with Crippen LogP contribution in [-0.4, -0.2) is 33.5 Å². The average molecular weight is 453 g/mol. The maximum atomic E-state index is 10.6. The van der Waals surface area contributed by atoms with E-state index in [1.54, 1.807) is 28.4 Å². The monoisotopic (exact) mass is 452 g/mol. The van der Waals surface area contributed by atoms with E-state index in [0.717, 1.165) is 41.9 Å². The average Bonchev–Trinajstić information content (AvgIpc) is 2.85. The third-order valence-corrected chi connectivity index (χ3v) is 5.36. The normalized spacial score (nSPS) is 12.8. The molecule has 0 aliphatic carbocycles. The molecule has 2 aromatic carbocycles. The minimum atomic E-state index is -0.610. The van der Waals surface area contributed by atoms with Gasteiger partial charge in [-0.15, -0.1) is 0 Å². The van der Waals surface area contributed by atoms with Gasteiger partial charge in [0.25, 0.3) is 0 Å². The standard InChI is InChI=1S/C28H36O5/c1-21(13-16-26(29)25-20-24(31-3)15-18-28(25)33-5)11-9-7-6-8-10-12-22-19-23(30-2)14-17-27(22)32-4/h7,9-12,14-15,17-20,26,29H,6,8,13,16H2,1-5H3/b9-7+,12-10-,21-11+. The lowest BCUT2D eigenvalue weighted by Crippen LogP contribution is -2.01. The number of hydrogen-bond acceptors (Lipinski definition) is 5. The van der Waals surface area contributed by atoms with Gasteiger partial charge in [-0.05, 0) is 69.0 Å². The molecule has 2 aromatic rings. The molecule has 33 heavy (non-hydrogen) atoms. The number of rotatable bonds is 13. The molecule has 0 bridgehead atoms. The van der Waals surface area contributed by atoms with Crippen molar-refractivity contribution in [3.05, 3.63) is 77.4 Å². The summed E-state index contributed by atoms with van der Waals surface area (Å²) in [7, 11) is 6.55. The van der Waals surface area contributed by atoms with Crippen LogP contribution in [0.5, 0.6) is 23.0 Å². The number of aliphatic hydroxyl groups excluding tert-OH is 1. The van der Waals surface area contributed by atoms with Gasteiger partial charge in [-0.2, -0.15) is 0 Å². The molecule has 0 fully saturated rings. The quantitative estimate of drug-likeness (QED) is 0.277. The fraction of sp³-hybridized carbons (Fsp3) is 0.357. The number of ether oxygens (including phenoxy) is 4. The lowest BCUT2D eigenvalue weighted by Gasteiger charge is -2.16. The molecule has 0 saturated carbocycles. The van der Waals surface area contributed by atoms with Crippen molar-refractivity contribution >= 4 is 6.08 Å². The summed E-state index contributed by atoms with van der Waals surface area (Å²) in [6.45, 7) is 2.08. The summed E-state index contributed by atoms with van der Waals surface area (Å²) in [6.07, 6.45) is 13.2. The van der Waals surface area contributed by atoms with E-state index in [4.69, 9.17) is 18.9 Å². The molecule has 5 heteroatoms. The summed E-state index contributed by atoms with van der Waals surface area (Å²) >= 11 is 0. The summed E-state index contributed by atoms with van der Waals surface area (Å²) in [5.74, 6) is 3.02. The molecule has 5 nitrogen and oxygen atoms in total. The Labute approximate surface area is 198 Å². The Kier molecular flexibility index (Phi) is 11.1. The van der Waals surface area contributed by atoms with Crippen LogP contribution in [0.1, 0.15) is 49.8 Å². The van der Waals surface area contributed by atoms with Crippen LogP contribution < -0.4 is 18.9 Å². The van der Waals surface area contributed by atoms with E-state index in [2.05, 4.69) is 37.3 Å².